The molecule has 86 valence electrons. The van der Waals surface area contributed by atoms with Crippen molar-refractivity contribution in [1.29, 1.82) is 0 Å². The van der Waals surface area contributed by atoms with E-state index >= 15 is 0 Å². The van der Waals surface area contributed by atoms with Crippen molar-refractivity contribution in [1.82, 2.24) is 4.98 Å². The van der Waals surface area contributed by atoms with Gasteiger partial charge in [-0.1, -0.05) is 13.8 Å². The summed E-state index contributed by atoms with van der Waals surface area (Å²) in [6.45, 7) is 3.95. The van der Waals surface area contributed by atoms with Crippen molar-refractivity contribution >= 4 is 5.69 Å². The van der Waals surface area contributed by atoms with E-state index in [1.807, 2.05) is 13.8 Å². The molecule has 1 aliphatic carbocycles. The molecule has 1 saturated carbocycles. The van der Waals surface area contributed by atoms with Gasteiger partial charge >= 0.3 is 5.69 Å². The largest absolute Gasteiger partial charge is 0.483 e. The van der Waals surface area contributed by atoms with E-state index < -0.39 is 4.92 Å². The topological polar surface area (TPSA) is 65.3 Å². The summed E-state index contributed by atoms with van der Waals surface area (Å²) in [5, 5.41) is 10.9. The minimum atomic E-state index is -0.434. The zero-order chi connectivity index (χ0) is 11.7. The number of rotatable bonds is 4. The molecule has 0 aromatic carbocycles. The van der Waals surface area contributed by atoms with Crippen LogP contribution >= 0.6 is 0 Å². The summed E-state index contributed by atoms with van der Waals surface area (Å²) in [6, 6.07) is 0. The molecule has 0 unspecified atom stereocenters. The molecular formula is C11H14N2O3. The summed E-state index contributed by atoms with van der Waals surface area (Å²) in [6.07, 6.45) is 5.02. The Kier molecular flexibility index (Phi) is 2.77. The van der Waals surface area contributed by atoms with Crippen molar-refractivity contribution in [2.75, 3.05) is 0 Å². The van der Waals surface area contributed by atoms with Gasteiger partial charge in [0, 0.05) is 11.8 Å². The first-order valence-corrected chi connectivity index (χ1v) is 5.38. The van der Waals surface area contributed by atoms with E-state index in [0.29, 0.717) is 5.75 Å². The summed E-state index contributed by atoms with van der Waals surface area (Å²) >= 11 is 0. The number of nitro groups is 1. The van der Waals surface area contributed by atoms with Crippen LogP contribution in [-0.2, 0) is 0 Å². The van der Waals surface area contributed by atoms with Crippen LogP contribution in [0.4, 0.5) is 5.69 Å². The van der Waals surface area contributed by atoms with Crippen LogP contribution in [-0.4, -0.2) is 16.0 Å². The molecule has 1 aliphatic rings. The molecule has 0 bridgehead atoms. The Morgan fingerprint density at radius 3 is 2.69 bits per heavy atom. The first kappa shape index (κ1) is 10.9. The molecule has 16 heavy (non-hydrogen) atoms. The maximum absolute atomic E-state index is 10.9. The van der Waals surface area contributed by atoms with Gasteiger partial charge in [0.1, 0.15) is 6.20 Å². The highest BCUT2D eigenvalue weighted by Crippen LogP contribution is 2.38. The Labute approximate surface area is 93.6 Å². The Balaban J connectivity index is 2.42. The van der Waals surface area contributed by atoms with Gasteiger partial charge in [-0.25, -0.2) is 0 Å². The van der Waals surface area contributed by atoms with E-state index in [2.05, 4.69) is 4.98 Å². The molecule has 5 nitrogen and oxygen atoms in total. The second-order valence-electron chi connectivity index (χ2n) is 4.31. The molecule has 5 heteroatoms. The van der Waals surface area contributed by atoms with Crippen LogP contribution in [0.15, 0.2) is 12.4 Å². The fraction of sp³-hybridized carbons (Fsp3) is 0.545. The highest BCUT2D eigenvalue weighted by molar-refractivity contribution is 5.50. The Bertz CT molecular complexity index is 414. The lowest BCUT2D eigenvalue weighted by Crippen LogP contribution is -2.05. The van der Waals surface area contributed by atoms with Crippen LogP contribution in [0.2, 0.25) is 0 Å². The summed E-state index contributed by atoms with van der Waals surface area (Å²) in [4.78, 5) is 14.3. The first-order valence-electron chi connectivity index (χ1n) is 5.38. The molecule has 0 N–H and O–H groups in total. The number of hydrogen-bond donors (Lipinski definition) is 0. The van der Waals surface area contributed by atoms with E-state index in [4.69, 9.17) is 4.74 Å². The van der Waals surface area contributed by atoms with Crippen molar-refractivity contribution in [3.05, 3.63) is 28.1 Å². The fourth-order valence-corrected chi connectivity index (χ4v) is 1.48. The molecule has 0 radical (unpaired) electrons. The number of nitrogens with zero attached hydrogens (tertiary/aromatic N) is 2. The normalized spacial score (nSPS) is 15.2. The number of hydrogen-bond acceptors (Lipinski definition) is 4. The quantitative estimate of drug-likeness (QED) is 0.580. The Morgan fingerprint density at radius 2 is 2.19 bits per heavy atom. The van der Waals surface area contributed by atoms with Gasteiger partial charge in [0.2, 0.25) is 5.75 Å². The van der Waals surface area contributed by atoms with Crippen LogP contribution in [0.1, 0.15) is 38.2 Å². The van der Waals surface area contributed by atoms with Crippen molar-refractivity contribution < 1.29 is 9.66 Å². The van der Waals surface area contributed by atoms with Gasteiger partial charge in [0.05, 0.1) is 11.0 Å². The summed E-state index contributed by atoms with van der Waals surface area (Å²) < 4.78 is 5.63. The average Bonchev–Trinajstić information content (AvgIpc) is 3.01. The number of aromatic nitrogens is 1. The molecule has 1 aromatic heterocycles. The van der Waals surface area contributed by atoms with Gasteiger partial charge in [0.25, 0.3) is 0 Å². The summed E-state index contributed by atoms with van der Waals surface area (Å²) in [7, 11) is 0. The van der Waals surface area contributed by atoms with E-state index in [-0.39, 0.29) is 17.7 Å². The number of ether oxygens (including phenoxy) is 1. The van der Waals surface area contributed by atoms with Gasteiger partial charge in [0.15, 0.2) is 0 Å². The lowest BCUT2D eigenvalue weighted by Gasteiger charge is -2.12. The van der Waals surface area contributed by atoms with Crippen LogP contribution in [0, 0.1) is 10.1 Å². The molecule has 1 heterocycles. The van der Waals surface area contributed by atoms with Crippen molar-refractivity contribution in [2.24, 2.45) is 0 Å². The molecule has 0 aliphatic heterocycles. The standard InChI is InChI=1S/C11H14N2O3/c1-7(2)9-5-12-6-10(13(14)15)11(9)16-8-3-4-8/h5-8H,3-4H2,1-2H3. The first-order chi connectivity index (χ1) is 7.59. The monoisotopic (exact) mass is 222 g/mol. The van der Waals surface area contributed by atoms with Gasteiger partial charge in [-0.15, -0.1) is 0 Å². The van der Waals surface area contributed by atoms with Gasteiger partial charge < -0.3 is 4.74 Å². The number of pyridine rings is 1. The van der Waals surface area contributed by atoms with E-state index in [1.54, 1.807) is 6.20 Å². The van der Waals surface area contributed by atoms with Gasteiger partial charge in [-0.2, -0.15) is 0 Å². The van der Waals surface area contributed by atoms with Crippen LogP contribution in [0.25, 0.3) is 0 Å². The van der Waals surface area contributed by atoms with Crippen LogP contribution in [0.5, 0.6) is 5.75 Å². The summed E-state index contributed by atoms with van der Waals surface area (Å²) in [5.41, 5.74) is 0.777. The zero-order valence-corrected chi connectivity index (χ0v) is 9.34. The lowest BCUT2D eigenvalue weighted by atomic mass is 10.0. The molecule has 1 fully saturated rings. The SMILES string of the molecule is CC(C)c1cncc([N+](=O)[O-])c1OC1CC1. The third kappa shape index (κ3) is 2.13. The third-order valence-corrected chi connectivity index (χ3v) is 2.53. The maximum atomic E-state index is 10.9. The fourth-order valence-electron chi connectivity index (χ4n) is 1.48. The smallest absolute Gasteiger partial charge is 0.329 e. The molecule has 2 rings (SSSR count). The zero-order valence-electron chi connectivity index (χ0n) is 9.34. The molecule has 1 aromatic rings. The van der Waals surface area contributed by atoms with E-state index in [1.165, 1.54) is 6.20 Å². The molecule has 0 saturated heterocycles. The molecule has 0 spiro atoms. The predicted octanol–water partition coefficient (Wildman–Crippen LogP) is 2.65. The van der Waals surface area contributed by atoms with E-state index in [0.717, 1.165) is 18.4 Å². The minimum absolute atomic E-state index is 0.0295. The second-order valence-corrected chi connectivity index (χ2v) is 4.31. The Hall–Kier alpha value is -1.65. The van der Waals surface area contributed by atoms with Crippen molar-refractivity contribution in [2.45, 2.75) is 38.7 Å². The predicted molar refractivity (Wildman–Crippen MR) is 58.6 cm³/mol. The van der Waals surface area contributed by atoms with E-state index in [9.17, 15) is 10.1 Å². The highest BCUT2D eigenvalue weighted by atomic mass is 16.6. The lowest BCUT2D eigenvalue weighted by molar-refractivity contribution is -0.386. The van der Waals surface area contributed by atoms with Crippen LogP contribution < -0.4 is 4.74 Å². The Morgan fingerprint density at radius 1 is 1.50 bits per heavy atom. The minimum Gasteiger partial charge on any atom is -0.483 e. The van der Waals surface area contributed by atoms with Gasteiger partial charge in [-0.05, 0) is 18.8 Å². The van der Waals surface area contributed by atoms with Crippen molar-refractivity contribution in [3.63, 3.8) is 0 Å². The molecular weight excluding hydrogens is 208 g/mol. The third-order valence-electron chi connectivity index (χ3n) is 2.53. The summed E-state index contributed by atoms with van der Waals surface area (Å²) in [5.74, 6) is 0.568. The van der Waals surface area contributed by atoms with Gasteiger partial charge in [-0.3, -0.25) is 15.1 Å². The van der Waals surface area contributed by atoms with Crippen LogP contribution in [0.3, 0.4) is 0 Å². The molecule has 0 amide bonds. The molecule has 0 atom stereocenters. The maximum Gasteiger partial charge on any atom is 0.329 e. The average molecular weight is 222 g/mol. The highest BCUT2D eigenvalue weighted by Gasteiger charge is 2.30. The van der Waals surface area contributed by atoms with Crippen molar-refractivity contribution in [3.8, 4) is 5.75 Å². The second kappa shape index (κ2) is 4.08.